The molecular formula is C30H75ClN3O27P5Si3. The molecule has 0 atom stereocenters. The summed E-state index contributed by atoms with van der Waals surface area (Å²) in [6.45, 7) is 31.0. The van der Waals surface area contributed by atoms with Crippen LogP contribution in [0, 0.1) is 5.41 Å². The van der Waals surface area contributed by atoms with Crippen LogP contribution < -0.4 is 16.9 Å². The van der Waals surface area contributed by atoms with Gasteiger partial charge in [-0.2, -0.15) is 11.0 Å². The molecule has 0 unspecified atom stereocenters. The monoisotopic (exact) mass is 1180 g/mol. The summed E-state index contributed by atoms with van der Waals surface area (Å²) in [5.74, 6) is 3.19. The molecule has 0 aromatic rings. The molecule has 0 aliphatic heterocycles. The van der Waals surface area contributed by atoms with E-state index in [0.717, 1.165) is 0 Å². The first-order chi connectivity index (χ1) is 29.7. The van der Waals surface area contributed by atoms with E-state index in [2.05, 4.69) is 84.1 Å². The molecule has 0 saturated carbocycles. The van der Waals surface area contributed by atoms with E-state index in [1.165, 1.54) is 26.3 Å². The number of ether oxygens (including phenoxy) is 2. The Balaban J connectivity index is -0.000000255. The number of carbonyl (C=O) groups is 4. The second-order valence-electron chi connectivity index (χ2n) is 19.6. The Kier molecular flexibility index (Phi) is 33.6. The van der Waals surface area contributed by atoms with Crippen LogP contribution in [0.2, 0.25) is 58.9 Å². The summed E-state index contributed by atoms with van der Waals surface area (Å²) < 4.78 is 70.4. The van der Waals surface area contributed by atoms with Gasteiger partial charge in [0.1, 0.15) is 24.4 Å². The zero-order chi connectivity index (χ0) is 57.1. The van der Waals surface area contributed by atoms with Crippen LogP contribution in [0.25, 0.3) is 0 Å². The van der Waals surface area contributed by atoms with E-state index in [1.807, 2.05) is 5.48 Å². The first kappa shape index (κ1) is 77.2. The molecule has 0 heterocycles. The Morgan fingerprint density at radius 2 is 0.797 bits per heavy atom. The van der Waals surface area contributed by atoms with Gasteiger partial charge in [0.05, 0.1) is 0 Å². The van der Waals surface area contributed by atoms with Crippen molar-refractivity contribution in [2.75, 3.05) is 19.8 Å². The highest BCUT2D eigenvalue weighted by molar-refractivity contribution is 7.72. The molecule has 0 aliphatic rings. The lowest BCUT2D eigenvalue weighted by Crippen LogP contribution is -2.39. The topological polar surface area (TPSA) is 483 Å². The van der Waals surface area contributed by atoms with Crippen molar-refractivity contribution in [1.82, 2.24) is 11.0 Å². The van der Waals surface area contributed by atoms with E-state index in [1.54, 1.807) is 41.5 Å². The maximum Gasteiger partial charge on any atom is 0.431 e. The van der Waals surface area contributed by atoms with Gasteiger partial charge in [0.2, 0.25) is 5.24 Å². The van der Waals surface area contributed by atoms with Crippen molar-refractivity contribution >= 4 is 98.9 Å². The number of nitrogens with one attached hydrogen (secondary N) is 2. The molecule has 30 nitrogen and oxygen atoms in total. The van der Waals surface area contributed by atoms with E-state index >= 15 is 0 Å². The van der Waals surface area contributed by atoms with Crippen molar-refractivity contribution in [3.63, 3.8) is 0 Å². The molecule has 15 N–H and O–H groups in total. The fourth-order valence-corrected chi connectivity index (χ4v) is 12.9. The Morgan fingerprint density at radius 3 is 0.971 bits per heavy atom. The summed E-state index contributed by atoms with van der Waals surface area (Å²) in [5.41, 5.74) is 1.47. The minimum atomic E-state index is -5.63. The molecular weight excluding hydrogens is 1110 g/mol. The maximum atomic E-state index is 11.1. The number of nitrogens with two attached hydrogens (primary N) is 1. The predicted octanol–water partition coefficient (Wildman–Crippen LogP) is 4.42. The van der Waals surface area contributed by atoms with Gasteiger partial charge >= 0.3 is 48.5 Å². The normalized spacial score (nSPS) is 13.4. The number of carboxylic acid groups (broad SMARTS) is 1. The van der Waals surface area contributed by atoms with Crippen LogP contribution >= 0.6 is 50.6 Å². The Hall–Kier alpha value is -0.709. The van der Waals surface area contributed by atoms with Crippen molar-refractivity contribution in [2.45, 2.75) is 143 Å². The Bertz CT molecular complexity index is 1710. The van der Waals surface area contributed by atoms with Gasteiger partial charge < -0.3 is 81.4 Å². The second-order valence-corrected chi connectivity index (χ2v) is 43.2. The molecule has 0 rings (SSSR count). The molecule has 2 amide bonds. The lowest BCUT2D eigenvalue weighted by molar-refractivity contribution is -0.144. The Morgan fingerprint density at radius 1 is 0.551 bits per heavy atom. The maximum absolute atomic E-state index is 11.1. The summed E-state index contributed by atoms with van der Waals surface area (Å²) in [5, 5.41) is 18.8. The van der Waals surface area contributed by atoms with Crippen molar-refractivity contribution in [3.8, 4) is 0 Å². The number of rotatable bonds is 18. The van der Waals surface area contributed by atoms with Crippen molar-refractivity contribution in [2.24, 2.45) is 11.3 Å². The van der Waals surface area contributed by atoms with Crippen LogP contribution in [0.4, 0.5) is 9.59 Å². The minimum absolute atomic E-state index is 0.285. The smallest absolute Gasteiger partial charge is 0.431 e. The van der Waals surface area contributed by atoms with Gasteiger partial charge in [-0.3, -0.25) is 32.7 Å². The molecule has 0 aromatic carbocycles. The molecule has 0 fully saturated rings. The highest BCUT2D eigenvalue weighted by Crippen LogP contribution is 2.68. The zero-order valence-corrected chi connectivity index (χ0v) is 50.0. The van der Waals surface area contributed by atoms with Crippen molar-refractivity contribution < 1.29 is 129 Å². The highest BCUT2D eigenvalue weighted by Gasteiger charge is 2.61. The summed E-state index contributed by atoms with van der Waals surface area (Å²) in [4.78, 5) is 123. The number of amides is 2. The first-order valence-corrected chi connectivity index (χ1v) is 37.3. The second kappa shape index (κ2) is 30.0. The van der Waals surface area contributed by atoms with Crippen LogP contribution in [0.1, 0.15) is 62.3 Å². The van der Waals surface area contributed by atoms with Gasteiger partial charge in [0.15, 0.2) is 31.6 Å². The minimum Gasteiger partial charge on any atom is -0.479 e. The number of halogens is 1. The summed E-state index contributed by atoms with van der Waals surface area (Å²) >= 11 is 5.11. The van der Waals surface area contributed by atoms with E-state index in [-0.39, 0.29) is 10.7 Å². The lowest BCUT2D eigenvalue weighted by Gasteiger charge is -2.32. The third-order valence-corrected chi connectivity index (χ3v) is 21.7. The third kappa shape index (κ3) is 41.3. The lowest BCUT2D eigenvalue weighted by atomic mass is 10.00. The largest absolute Gasteiger partial charge is 0.479 e. The van der Waals surface area contributed by atoms with Crippen LogP contribution in [0.5, 0.6) is 0 Å². The van der Waals surface area contributed by atoms with Crippen LogP contribution in [-0.4, -0.2) is 144 Å². The molecule has 0 aliphatic carbocycles. The number of hydrogen-bond donors (Lipinski definition) is 14. The predicted molar refractivity (Wildman–Crippen MR) is 257 cm³/mol. The number of carbonyl (C=O) groups excluding carboxylic acids is 3. The van der Waals surface area contributed by atoms with E-state index in [4.69, 9.17) is 78.3 Å². The Labute approximate surface area is 410 Å². The van der Waals surface area contributed by atoms with Crippen LogP contribution in [0.15, 0.2) is 0 Å². The number of aliphatic carboxylic acids is 1. The fraction of sp³-hybridized carbons (Fsp3) is 0.867. The number of carboxylic acids is 1. The average Bonchev–Trinajstić information content (AvgIpc) is 2.99. The molecule has 69 heavy (non-hydrogen) atoms. The number of hydrogen-bond acceptors (Lipinski definition) is 19. The number of aliphatic hydroxyl groups is 2. The van der Waals surface area contributed by atoms with Gasteiger partial charge in [-0.25, -0.2) is 20.3 Å². The quantitative estimate of drug-likeness (QED) is 0.0391. The van der Waals surface area contributed by atoms with E-state index in [0.29, 0.717) is 0 Å². The van der Waals surface area contributed by atoms with Gasteiger partial charge in [-0.1, -0.05) is 20.8 Å². The summed E-state index contributed by atoms with van der Waals surface area (Å²) in [6, 6.07) is 0. The van der Waals surface area contributed by atoms with Crippen molar-refractivity contribution in [1.29, 1.82) is 0 Å². The van der Waals surface area contributed by atoms with Gasteiger partial charge in [0, 0.05) is 5.41 Å². The average molecular weight is 1180 g/mol. The van der Waals surface area contributed by atoms with E-state index < -0.39 is 123 Å². The van der Waals surface area contributed by atoms with Gasteiger partial charge in [-0.05, 0) is 112 Å². The molecule has 0 radical (unpaired) electrons. The first-order valence-electron chi connectivity index (χ1n) is 19.2. The molecule has 0 saturated heterocycles. The summed E-state index contributed by atoms with van der Waals surface area (Å²) in [7, 11) is -28.1. The van der Waals surface area contributed by atoms with E-state index in [9.17, 15) is 42.5 Å². The van der Waals surface area contributed by atoms with Crippen molar-refractivity contribution in [3.05, 3.63) is 0 Å². The van der Waals surface area contributed by atoms with Gasteiger partial charge in [0.25, 0.3) is 18.8 Å². The molecule has 39 heteroatoms. The number of hydroxylamine groups is 2. The summed E-state index contributed by atoms with van der Waals surface area (Å²) in [6.07, 6.45) is -1.98. The fourth-order valence-electron chi connectivity index (χ4n) is 2.46. The standard InChI is InChI=1S/C9H27O3PSi3.C7H17NO10P2.C7H13NO5.C5H9ClO.C2H9NO8P2/c1-14(2,3)10-13(11-15(4,5)6)12-16(7,8)9;1-6(2,3)18-5(9)8-17-4-7(10,19(11,12)13)20(14,15)16;1-7(2,3)13-6(11)8-12-4-5(9)10;1-5(2,3)4(6)7;3-11-1-2(4,12(5,6)7)13(8,9)10/h1-9H3;10H,4H2,1-3H3,(H,8,9)(H2,11,12,13)(H2,14,15,16);4H2,1-3H3,(H,8,11)(H,9,10);1-3H3;4H,1,3H2,(H2,5,6,7)(H2,8,9,10). The van der Waals surface area contributed by atoms with Crippen LogP contribution in [-0.2, 0) is 64.5 Å². The molecule has 0 spiro atoms. The highest BCUT2D eigenvalue weighted by atomic mass is 35.5. The SMILES string of the molecule is CC(C)(C)C(=O)Cl.CC(C)(C)OC(=O)NOCC(=O)O.CC(C)(C)OC(=O)NOCC(O)(P(=O)(O)O)P(=O)(O)O.C[Si](C)(C)OP(O[Si](C)(C)C)O[Si](C)(C)C.NOCC(O)(P(=O)(O)O)P(=O)(O)O. The van der Waals surface area contributed by atoms with Crippen LogP contribution in [0.3, 0.4) is 0 Å². The van der Waals surface area contributed by atoms with Gasteiger partial charge in [-0.15, -0.1) is 0 Å². The molecule has 416 valence electrons. The molecule has 0 bridgehead atoms. The zero-order valence-electron chi connectivity index (χ0n) is 41.8. The molecule has 0 aromatic heterocycles. The third-order valence-electron chi connectivity index (χ3n) is 5.35.